The highest BCUT2D eigenvalue weighted by molar-refractivity contribution is 9.10. The lowest BCUT2D eigenvalue weighted by atomic mass is 10.2. The number of methoxy groups -OCH3 is 2. The van der Waals surface area contributed by atoms with E-state index < -0.39 is 5.95 Å². The van der Waals surface area contributed by atoms with Crippen molar-refractivity contribution in [3.05, 3.63) is 75.9 Å². The summed E-state index contributed by atoms with van der Waals surface area (Å²) in [6.45, 7) is 2.19. The van der Waals surface area contributed by atoms with E-state index >= 15 is 0 Å². The molecule has 0 fully saturated rings. The zero-order valence-electron chi connectivity index (χ0n) is 16.1. The number of aryl methyl sites for hydroxylation is 1. The molecule has 1 aromatic heterocycles. The van der Waals surface area contributed by atoms with Crippen LogP contribution in [0.25, 0.3) is 0 Å². The Labute approximate surface area is 181 Å². The first-order valence-electron chi connectivity index (χ1n) is 8.66. The fourth-order valence-electron chi connectivity index (χ4n) is 2.65. The van der Waals surface area contributed by atoms with Crippen molar-refractivity contribution in [3.63, 3.8) is 0 Å². The van der Waals surface area contributed by atoms with Gasteiger partial charge in [0.15, 0.2) is 0 Å². The molecule has 0 saturated heterocycles. The predicted molar refractivity (Wildman–Crippen MR) is 115 cm³/mol. The highest BCUT2D eigenvalue weighted by Gasteiger charge is 2.18. The number of benzene rings is 2. The van der Waals surface area contributed by atoms with Crippen molar-refractivity contribution in [3.8, 4) is 11.5 Å². The maximum absolute atomic E-state index is 14.6. The standard InChI is InChI=1S/C21H19BrF2N2O2S/c1-13-9-19(17(23)11-16(13)22)29-26(21-6-4-5-20(24)25-21)12-14-7-8-15(27-2)10-18(14)28-3/h4-11H,12H2,1-3H3. The monoisotopic (exact) mass is 480 g/mol. The summed E-state index contributed by atoms with van der Waals surface area (Å²) >= 11 is 4.48. The zero-order chi connectivity index (χ0) is 21.0. The number of nitrogens with zero attached hydrogens (tertiary/aromatic N) is 2. The summed E-state index contributed by atoms with van der Waals surface area (Å²) in [6, 6.07) is 13.1. The number of hydrogen-bond acceptors (Lipinski definition) is 5. The minimum absolute atomic E-state index is 0.308. The molecule has 0 radical (unpaired) electrons. The maximum Gasteiger partial charge on any atom is 0.214 e. The van der Waals surface area contributed by atoms with Crippen molar-refractivity contribution in [1.29, 1.82) is 0 Å². The fourth-order valence-corrected chi connectivity index (χ4v) is 3.98. The topological polar surface area (TPSA) is 34.6 Å². The number of ether oxygens (including phenoxy) is 2. The molecule has 8 heteroatoms. The van der Waals surface area contributed by atoms with Crippen LogP contribution in [0.3, 0.4) is 0 Å². The van der Waals surface area contributed by atoms with E-state index in [2.05, 4.69) is 20.9 Å². The first-order chi connectivity index (χ1) is 13.9. The van der Waals surface area contributed by atoms with Gasteiger partial charge in [0.1, 0.15) is 23.1 Å². The third-order valence-electron chi connectivity index (χ3n) is 4.19. The van der Waals surface area contributed by atoms with E-state index in [0.29, 0.717) is 33.2 Å². The van der Waals surface area contributed by atoms with E-state index in [9.17, 15) is 8.78 Å². The summed E-state index contributed by atoms with van der Waals surface area (Å²) in [7, 11) is 3.14. The first-order valence-corrected chi connectivity index (χ1v) is 10.2. The number of hydrogen-bond donors (Lipinski definition) is 0. The molecule has 29 heavy (non-hydrogen) atoms. The molecule has 152 valence electrons. The molecule has 0 saturated carbocycles. The van der Waals surface area contributed by atoms with Crippen molar-refractivity contribution < 1.29 is 18.3 Å². The van der Waals surface area contributed by atoms with Gasteiger partial charge in [-0.15, -0.1) is 0 Å². The van der Waals surface area contributed by atoms with Crippen LogP contribution in [0.5, 0.6) is 11.5 Å². The van der Waals surface area contributed by atoms with Gasteiger partial charge in [0.2, 0.25) is 5.95 Å². The lowest BCUT2D eigenvalue weighted by molar-refractivity contribution is 0.391. The molecule has 0 aliphatic heterocycles. The molecule has 0 spiro atoms. The van der Waals surface area contributed by atoms with Crippen LogP contribution in [-0.4, -0.2) is 19.2 Å². The van der Waals surface area contributed by atoms with Crippen LogP contribution in [0.2, 0.25) is 0 Å². The number of rotatable bonds is 7. The predicted octanol–water partition coefficient (Wildman–Crippen LogP) is 6.16. The highest BCUT2D eigenvalue weighted by Crippen LogP contribution is 2.35. The Morgan fingerprint density at radius 1 is 1.07 bits per heavy atom. The quantitative estimate of drug-likeness (QED) is 0.298. The van der Waals surface area contributed by atoms with Gasteiger partial charge in [0.25, 0.3) is 0 Å². The largest absolute Gasteiger partial charge is 0.497 e. The third-order valence-corrected chi connectivity index (χ3v) is 6.09. The van der Waals surface area contributed by atoms with Crippen molar-refractivity contribution in [2.75, 3.05) is 18.5 Å². The second kappa shape index (κ2) is 9.45. The number of halogens is 3. The SMILES string of the molecule is COc1ccc(CN(Sc2cc(C)c(Br)cc2F)c2cccc(F)n2)c(OC)c1. The van der Waals surface area contributed by atoms with Crippen molar-refractivity contribution in [2.45, 2.75) is 18.4 Å². The van der Waals surface area contributed by atoms with Crippen molar-refractivity contribution in [1.82, 2.24) is 4.98 Å². The molecule has 3 rings (SSSR count). The Morgan fingerprint density at radius 3 is 2.55 bits per heavy atom. The second-order valence-electron chi connectivity index (χ2n) is 6.16. The maximum atomic E-state index is 14.6. The summed E-state index contributed by atoms with van der Waals surface area (Å²) in [5.74, 6) is 0.646. The molecule has 0 unspecified atom stereocenters. The van der Waals surface area contributed by atoms with E-state index in [0.717, 1.165) is 23.1 Å². The van der Waals surface area contributed by atoms with Gasteiger partial charge in [-0.3, -0.25) is 4.31 Å². The Hall–Kier alpha value is -2.32. The average Bonchev–Trinajstić information content (AvgIpc) is 2.71. The van der Waals surface area contributed by atoms with Crippen LogP contribution in [0.15, 0.2) is 57.9 Å². The Kier molecular flexibility index (Phi) is 6.97. The minimum Gasteiger partial charge on any atom is -0.497 e. The van der Waals surface area contributed by atoms with Gasteiger partial charge in [0, 0.05) is 16.1 Å². The van der Waals surface area contributed by atoms with E-state index in [1.54, 1.807) is 42.8 Å². The fraction of sp³-hybridized carbons (Fsp3) is 0.190. The Balaban J connectivity index is 2.00. The zero-order valence-corrected chi connectivity index (χ0v) is 18.5. The van der Waals surface area contributed by atoms with Gasteiger partial charge < -0.3 is 9.47 Å². The molecular weight excluding hydrogens is 462 g/mol. The normalized spacial score (nSPS) is 10.7. The van der Waals surface area contributed by atoms with Gasteiger partial charge in [-0.1, -0.05) is 22.0 Å². The minimum atomic E-state index is -0.609. The van der Waals surface area contributed by atoms with Crippen LogP contribution in [0.4, 0.5) is 14.6 Å². The Bertz CT molecular complexity index is 1020. The van der Waals surface area contributed by atoms with Crippen LogP contribution >= 0.6 is 27.9 Å². The van der Waals surface area contributed by atoms with Gasteiger partial charge >= 0.3 is 0 Å². The molecule has 0 bridgehead atoms. The molecule has 0 amide bonds. The summed E-state index contributed by atoms with van der Waals surface area (Å²) < 4.78 is 41.4. The average molecular weight is 481 g/mol. The highest BCUT2D eigenvalue weighted by atomic mass is 79.9. The van der Waals surface area contributed by atoms with Crippen LogP contribution in [-0.2, 0) is 6.54 Å². The van der Waals surface area contributed by atoms with Gasteiger partial charge in [-0.05, 0) is 60.8 Å². The molecular formula is C21H19BrF2N2O2S. The lowest BCUT2D eigenvalue weighted by Gasteiger charge is -2.24. The molecule has 0 N–H and O–H groups in total. The summed E-state index contributed by atoms with van der Waals surface area (Å²) in [5.41, 5.74) is 1.71. The number of pyridine rings is 1. The van der Waals surface area contributed by atoms with E-state index in [1.807, 2.05) is 19.1 Å². The van der Waals surface area contributed by atoms with Gasteiger partial charge in [0.05, 0.1) is 25.7 Å². The Morgan fingerprint density at radius 2 is 1.86 bits per heavy atom. The number of anilines is 1. The molecule has 4 nitrogen and oxygen atoms in total. The van der Waals surface area contributed by atoms with E-state index in [4.69, 9.17) is 9.47 Å². The summed E-state index contributed by atoms with van der Waals surface area (Å²) in [6.07, 6.45) is 0. The second-order valence-corrected chi connectivity index (χ2v) is 8.07. The van der Waals surface area contributed by atoms with Crippen LogP contribution in [0.1, 0.15) is 11.1 Å². The van der Waals surface area contributed by atoms with E-state index in [1.165, 1.54) is 12.1 Å². The van der Waals surface area contributed by atoms with Crippen LogP contribution in [0, 0.1) is 18.7 Å². The van der Waals surface area contributed by atoms with Gasteiger partial charge in [-0.2, -0.15) is 4.39 Å². The lowest BCUT2D eigenvalue weighted by Crippen LogP contribution is -2.16. The third kappa shape index (κ3) is 5.19. The van der Waals surface area contributed by atoms with Crippen molar-refractivity contribution >= 4 is 33.7 Å². The van der Waals surface area contributed by atoms with Gasteiger partial charge in [-0.25, -0.2) is 9.37 Å². The van der Waals surface area contributed by atoms with Crippen LogP contribution < -0.4 is 13.8 Å². The van der Waals surface area contributed by atoms with Crippen molar-refractivity contribution in [2.24, 2.45) is 0 Å². The summed E-state index contributed by atoms with van der Waals surface area (Å²) in [4.78, 5) is 4.37. The molecule has 0 atom stereocenters. The molecule has 1 heterocycles. The van der Waals surface area contributed by atoms with E-state index in [-0.39, 0.29) is 5.82 Å². The molecule has 0 aliphatic rings. The molecule has 0 aliphatic carbocycles. The molecule has 2 aromatic carbocycles. The smallest absolute Gasteiger partial charge is 0.214 e. The number of aromatic nitrogens is 1. The molecule has 3 aromatic rings. The first kappa shape index (κ1) is 21.4. The summed E-state index contributed by atoms with van der Waals surface area (Å²) in [5, 5.41) is 0.